The number of aliphatic hydroxyl groups excluding tert-OH is 1. The topological polar surface area (TPSA) is 26.7 Å². The van der Waals surface area contributed by atoms with Crippen molar-refractivity contribution in [2.45, 2.75) is 38.3 Å². The van der Waals surface area contributed by atoms with E-state index in [1.807, 2.05) is 6.92 Å². The van der Waals surface area contributed by atoms with Crippen LogP contribution in [0.4, 0.5) is 0 Å². The third kappa shape index (κ3) is 2.94. The van der Waals surface area contributed by atoms with Gasteiger partial charge in [0.15, 0.2) is 0 Å². The molecular weight excluding hydrogens is 176 g/mol. The minimum absolute atomic E-state index is 0.142. The molecule has 1 N–H and O–H groups in total. The molecule has 0 spiro atoms. The Kier molecular flexibility index (Phi) is 3.42. The summed E-state index contributed by atoms with van der Waals surface area (Å²) in [6.45, 7) is 7.82. The Morgan fingerprint density at radius 1 is 1.21 bits per heavy atom. The van der Waals surface area contributed by atoms with Gasteiger partial charge in [0.1, 0.15) is 0 Å². The Balaban J connectivity index is 1.62. The highest BCUT2D eigenvalue weighted by Gasteiger charge is 2.30. The van der Waals surface area contributed by atoms with Gasteiger partial charge in [0, 0.05) is 38.8 Å². The van der Waals surface area contributed by atoms with Gasteiger partial charge in [-0.15, -0.1) is 0 Å². The van der Waals surface area contributed by atoms with Crippen molar-refractivity contribution in [2.75, 3.05) is 32.7 Å². The smallest absolute Gasteiger partial charge is 0.0524 e. The van der Waals surface area contributed by atoms with Crippen LogP contribution < -0.4 is 0 Å². The number of rotatable bonds is 4. The third-order valence-electron chi connectivity index (χ3n) is 3.33. The van der Waals surface area contributed by atoms with Crippen molar-refractivity contribution in [3.63, 3.8) is 0 Å². The zero-order chi connectivity index (χ0) is 9.97. The summed E-state index contributed by atoms with van der Waals surface area (Å²) in [5.41, 5.74) is 0. The van der Waals surface area contributed by atoms with Crippen LogP contribution in [-0.4, -0.2) is 59.8 Å². The van der Waals surface area contributed by atoms with Crippen LogP contribution in [0.3, 0.4) is 0 Å². The van der Waals surface area contributed by atoms with E-state index < -0.39 is 0 Å². The van der Waals surface area contributed by atoms with Gasteiger partial charge < -0.3 is 10.0 Å². The summed E-state index contributed by atoms with van der Waals surface area (Å²) in [4.78, 5) is 5.10. The molecule has 1 unspecified atom stereocenters. The van der Waals surface area contributed by atoms with E-state index in [4.69, 9.17) is 0 Å². The number of nitrogens with zero attached hydrogens (tertiary/aromatic N) is 2. The monoisotopic (exact) mass is 198 g/mol. The number of aliphatic hydroxyl groups is 1. The van der Waals surface area contributed by atoms with Crippen LogP contribution >= 0.6 is 0 Å². The summed E-state index contributed by atoms with van der Waals surface area (Å²) in [5.74, 6) is 0. The van der Waals surface area contributed by atoms with Gasteiger partial charge in [-0.25, -0.2) is 0 Å². The van der Waals surface area contributed by atoms with Crippen LogP contribution in [0.2, 0.25) is 0 Å². The first-order valence-electron chi connectivity index (χ1n) is 5.90. The van der Waals surface area contributed by atoms with E-state index >= 15 is 0 Å². The molecule has 82 valence electrons. The molecule has 0 bridgehead atoms. The van der Waals surface area contributed by atoms with Gasteiger partial charge in [0.2, 0.25) is 0 Å². The van der Waals surface area contributed by atoms with Crippen molar-refractivity contribution >= 4 is 0 Å². The highest BCUT2D eigenvalue weighted by molar-refractivity contribution is 4.87. The molecule has 1 aliphatic carbocycles. The van der Waals surface area contributed by atoms with Crippen LogP contribution in [0, 0.1) is 0 Å². The Morgan fingerprint density at radius 3 is 2.36 bits per heavy atom. The van der Waals surface area contributed by atoms with E-state index in [2.05, 4.69) is 9.80 Å². The maximum Gasteiger partial charge on any atom is 0.0524 e. The molecule has 2 rings (SSSR count). The van der Waals surface area contributed by atoms with Crippen molar-refractivity contribution in [3.8, 4) is 0 Å². The van der Waals surface area contributed by atoms with Gasteiger partial charge in [-0.3, -0.25) is 4.90 Å². The quantitative estimate of drug-likeness (QED) is 0.714. The van der Waals surface area contributed by atoms with Gasteiger partial charge >= 0.3 is 0 Å². The van der Waals surface area contributed by atoms with Crippen molar-refractivity contribution < 1.29 is 5.11 Å². The van der Waals surface area contributed by atoms with Gasteiger partial charge in [-0.1, -0.05) is 0 Å². The fraction of sp³-hybridized carbons (Fsp3) is 1.00. The molecular formula is C11H22N2O. The van der Waals surface area contributed by atoms with Crippen LogP contribution in [0.25, 0.3) is 0 Å². The highest BCUT2D eigenvalue weighted by Crippen LogP contribution is 2.27. The van der Waals surface area contributed by atoms with Crippen molar-refractivity contribution in [1.82, 2.24) is 9.80 Å². The Morgan fingerprint density at radius 2 is 1.86 bits per heavy atom. The Hall–Kier alpha value is -0.120. The summed E-state index contributed by atoms with van der Waals surface area (Å²) in [6.07, 6.45) is 3.63. The fourth-order valence-electron chi connectivity index (χ4n) is 2.16. The van der Waals surface area contributed by atoms with E-state index in [1.54, 1.807) is 0 Å². The lowest BCUT2D eigenvalue weighted by Gasteiger charge is -2.34. The second kappa shape index (κ2) is 4.60. The lowest BCUT2D eigenvalue weighted by atomic mass is 10.2. The summed E-state index contributed by atoms with van der Waals surface area (Å²) in [7, 11) is 0. The van der Waals surface area contributed by atoms with E-state index in [-0.39, 0.29) is 6.10 Å². The first kappa shape index (κ1) is 10.4. The van der Waals surface area contributed by atoms with Crippen molar-refractivity contribution in [2.24, 2.45) is 0 Å². The maximum absolute atomic E-state index is 9.20. The highest BCUT2D eigenvalue weighted by atomic mass is 16.3. The second-order valence-corrected chi connectivity index (χ2v) is 4.75. The van der Waals surface area contributed by atoms with Gasteiger partial charge in [-0.2, -0.15) is 0 Å². The van der Waals surface area contributed by atoms with E-state index in [1.165, 1.54) is 39.0 Å². The van der Waals surface area contributed by atoms with Crippen molar-refractivity contribution in [3.05, 3.63) is 0 Å². The van der Waals surface area contributed by atoms with Gasteiger partial charge in [0.05, 0.1) is 6.10 Å². The van der Waals surface area contributed by atoms with Crippen molar-refractivity contribution in [1.29, 1.82) is 0 Å². The summed E-state index contributed by atoms with van der Waals surface area (Å²) in [5, 5.41) is 9.20. The predicted octanol–water partition coefficient (Wildman–Crippen LogP) is 0.537. The molecule has 3 heteroatoms. The summed E-state index contributed by atoms with van der Waals surface area (Å²) in [6, 6.07) is 0.925. The predicted molar refractivity (Wildman–Crippen MR) is 57.3 cm³/mol. The van der Waals surface area contributed by atoms with Crippen LogP contribution in [0.5, 0.6) is 0 Å². The molecule has 0 radical (unpaired) electrons. The lowest BCUT2D eigenvalue weighted by Crippen LogP contribution is -2.47. The molecule has 0 aromatic rings. The Labute approximate surface area is 86.7 Å². The number of hydrogen-bond acceptors (Lipinski definition) is 3. The summed E-state index contributed by atoms with van der Waals surface area (Å²) < 4.78 is 0. The molecule has 1 saturated carbocycles. The molecule has 14 heavy (non-hydrogen) atoms. The number of piperazine rings is 1. The van der Waals surface area contributed by atoms with E-state index in [9.17, 15) is 5.11 Å². The normalized spacial score (nSPS) is 27.9. The largest absolute Gasteiger partial charge is 0.393 e. The van der Waals surface area contributed by atoms with Gasteiger partial charge in [0.25, 0.3) is 0 Å². The molecule has 0 aromatic carbocycles. The maximum atomic E-state index is 9.20. The van der Waals surface area contributed by atoms with E-state index in [0.29, 0.717) is 0 Å². The molecule has 0 aromatic heterocycles. The molecule has 2 fully saturated rings. The second-order valence-electron chi connectivity index (χ2n) is 4.75. The zero-order valence-electron chi connectivity index (χ0n) is 9.15. The molecule has 1 atom stereocenters. The fourth-order valence-corrected chi connectivity index (χ4v) is 2.16. The molecule has 1 aliphatic heterocycles. The minimum Gasteiger partial charge on any atom is -0.393 e. The van der Waals surface area contributed by atoms with Crippen LogP contribution in [0.15, 0.2) is 0 Å². The Bertz CT molecular complexity index is 172. The SMILES string of the molecule is CC(O)CCN1CCN(C2CC2)CC1. The standard InChI is InChI=1S/C11H22N2O/c1-10(14)4-5-12-6-8-13(9-7-12)11-2-3-11/h10-11,14H,2-9H2,1H3. The summed E-state index contributed by atoms with van der Waals surface area (Å²) >= 11 is 0. The molecule has 2 aliphatic rings. The first-order valence-corrected chi connectivity index (χ1v) is 5.90. The molecule has 1 heterocycles. The third-order valence-corrected chi connectivity index (χ3v) is 3.33. The zero-order valence-corrected chi connectivity index (χ0v) is 9.15. The molecule has 3 nitrogen and oxygen atoms in total. The average Bonchev–Trinajstić information content (AvgIpc) is 2.99. The molecule has 1 saturated heterocycles. The van der Waals surface area contributed by atoms with Gasteiger partial charge in [-0.05, 0) is 26.2 Å². The lowest BCUT2D eigenvalue weighted by molar-refractivity contribution is 0.104. The minimum atomic E-state index is -0.142. The first-order chi connectivity index (χ1) is 6.75. The average molecular weight is 198 g/mol. The van der Waals surface area contributed by atoms with Crippen LogP contribution in [0.1, 0.15) is 26.2 Å². The van der Waals surface area contributed by atoms with Crippen LogP contribution in [-0.2, 0) is 0 Å². The number of hydrogen-bond donors (Lipinski definition) is 1. The molecule has 0 amide bonds. The van der Waals surface area contributed by atoms with E-state index in [0.717, 1.165) is 19.0 Å².